The van der Waals surface area contributed by atoms with Gasteiger partial charge >= 0.3 is 0 Å². The third-order valence-electron chi connectivity index (χ3n) is 5.18. The van der Waals surface area contributed by atoms with E-state index >= 15 is 0 Å². The summed E-state index contributed by atoms with van der Waals surface area (Å²) in [5, 5.41) is 7.75. The van der Waals surface area contributed by atoms with E-state index < -0.39 is 0 Å². The Hall–Kier alpha value is -1.10. The van der Waals surface area contributed by atoms with Crippen molar-refractivity contribution in [2.24, 2.45) is 0 Å². The minimum atomic E-state index is 0.168. The van der Waals surface area contributed by atoms with E-state index in [1.807, 2.05) is 0 Å². The van der Waals surface area contributed by atoms with Gasteiger partial charge in [-0.2, -0.15) is 4.98 Å². The average molecular weight is 292 g/mol. The molecule has 118 valence electrons. The highest BCUT2D eigenvalue weighted by Gasteiger charge is 2.32. The van der Waals surface area contributed by atoms with E-state index in [2.05, 4.69) is 27.4 Å². The minimum Gasteiger partial charge on any atom is -0.338 e. The number of nitrogens with one attached hydrogen (secondary N) is 1. The first kappa shape index (κ1) is 14.8. The van der Waals surface area contributed by atoms with Crippen LogP contribution < -0.4 is 10.2 Å². The van der Waals surface area contributed by atoms with Gasteiger partial charge in [-0.3, -0.25) is 0 Å². The molecule has 1 aliphatic heterocycles. The molecular weight excluding hydrogens is 264 g/mol. The summed E-state index contributed by atoms with van der Waals surface area (Å²) in [6, 6.07) is 0. The molecule has 5 heteroatoms. The van der Waals surface area contributed by atoms with E-state index in [-0.39, 0.29) is 5.54 Å². The second kappa shape index (κ2) is 6.77. The van der Waals surface area contributed by atoms with Crippen molar-refractivity contribution in [3.8, 4) is 0 Å². The summed E-state index contributed by atoms with van der Waals surface area (Å²) in [5.41, 5.74) is 0.168. The Kier molecular flexibility index (Phi) is 4.78. The van der Waals surface area contributed by atoms with Crippen LogP contribution in [0.5, 0.6) is 0 Å². The van der Waals surface area contributed by atoms with Crippen LogP contribution >= 0.6 is 0 Å². The summed E-state index contributed by atoms with van der Waals surface area (Å²) in [4.78, 5) is 6.96. The minimum absolute atomic E-state index is 0.168. The molecule has 0 amide bonds. The van der Waals surface area contributed by atoms with E-state index in [0.717, 1.165) is 31.3 Å². The van der Waals surface area contributed by atoms with Crippen LogP contribution in [0.2, 0.25) is 0 Å². The smallest absolute Gasteiger partial charge is 0.266 e. The van der Waals surface area contributed by atoms with Crippen molar-refractivity contribution < 1.29 is 4.52 Å². The van der Waals surface area contributed by atoms with Crippen molar-refractivity contribution in [2.75, 3.05) is 25.0 Å². The molecule has 0 radical (unpaired) electrons. The fourth-order valence-corrected chi connectivity index (χ4v) is 3.75. The fourth-order valence-electron chi connectivity index (χ4n) is 3.75. The molecule has 1 aromatic rings. The molecule has 0 spiro atoms. The first-order valence-electron chi connectivity index (χ1n) is 8.58. The highest BCUT2D eigenvalue weighted by Crippen LogP contribution is 2.31. The van der Waals surface area contributed by atoms with Gasteiger partial charge in [0.25, 0.3) is 5.95 Å². The van der Waals surface area contributed by atoms with Gasteiger partial charge in [0.1, 0.15) is 0 Å². The summed E-state index contributed by atoms with van der Waals surface area (Å²) >= 11 is 0. The molecule has 0 bridgehead atoms. The van der Waals surface area contributed by atoms with Crippen LogP contribution in [0.3, 0.4) is 0 Å². The van der Waals surface area contributed by atoms with Crippen molar-refractivity contribution in [1.82, 2.24) is 15.5 Å². The van der Waals surface area contributed by atoms with Gasteiger partial charge in [0.05, 0.1) is 0 Å². The molecule has 2 aliphatic rings. The van der Waals surface area contributed by atoms with Crippen molar-refractivity contribution in [3.63, 3.8) is 0 Å². The first-order valence-corrected chi connectivity index (χ1v) is 8.58. The Bertz CT molecular complexity index is 431. The molecule has 1 N–H and O–H groups in total. The second-order valence-electron chi connectivity index (χ2n) is 6.66. The lowest BCUT2D eigenvalue weighted by Gasteiger charge is -2.36. The lowest BCUT2D eigenvalue weighted by atomic mass is 9.79. The lowest BCUT2D eigenvalue weighted by Crippen LogP contribution is -2.46. The van der Waals surface area contributed by atoms with Gasteiger partial charge in [0.15, 0.2) is 0 Å². The van der Waals surface area contributed by atoms with Crippen LogP contribution in [-0.4, -0.2) is 35.8 Å². The summed E-state index contributed by atoms with van der Waals surface area (Å²) in [6.45, 7) is 2.13. The highest BCUT2D eigenvalue weighted by molar-refractivity contribution is 5.27. The van der Waals surface area contributed by atoms with Crippen molar-refractivity contribution >= 4 is 5.95 Å². The summed E-state index contributed by atoms with van der Waals surface area (Å²) in [6.07, 6.45) is 12.4. The number of anilines is 1. The van der Waals surface area contributed by atoms with Gasteiger partial charge in [-0.1, -0.05) is 32.1 Å². The molecule has 1 saturated carbocycles. The number of hydrogen-bond acceptors (Lipinski definition) is 5. The fraction of sp³-hybridized carbons (Fsp3) is 0.875. The van der Waals surface area contributed by atoms with Crippen molar-refractivity contribution in [3.05, 3.63) is 5.89 Å². The number of nitrogens with zero attached hydrogens (tertiary/aromatic N) is 3. The largest absolute Gasteiger partial charge is 0.338 e. The Morgan fingerprint density at radius 3 is 2.38 bits per heavy atom. The lowest BCUT2D eigenvalue weighted by molar-refractivity contribution is 0.221. The maximum Gasteiger partial charge on any atom is 0.266 e. The molecule has 0 aromatic carbocycles. The van der Waals surface area contributed by atoms with E-state index in [4.69, 9.17) is 4.52 Å². The van der Waals surface area contributed by atoms with Gasteiger partial charge in [-0.25, -0.2) is 0 Å². The molecule has 1 saturated heterocycles. The van der Waals surface area contributed by atoms with Crippen LogP contribution in [0.15, 0.2) is 4.52 Å². The number of hydrogen-bond donors (Lipinski definition) is 1. The van der Waals surface area contributed by atoms with Gasteiger partial charge in [-0.05, 0) is 37.9 Å². The maximum absolute atomic E-state index is 5.55. The van der Waals surface area contributed by atoms with E-state index in [1.54, 1.807) is 0 Å². The highest BCUT2D eigenvalue weighted by atomic mass is 16.5. The van der Waals surface area contributed by atoms with Crippen LogP contribution in [0.4, 0.5) is 5.95 Å². The third kappa shape index (κ3) is 3.57. The molecule has 2 fully saturated rings. The van der Waals surface area contributed by atoms with Crippen LogP contribution in [0, 0.1) is 0 Å². The quantitative estimate of drug-likeness (QED) is 0.924. The maximum atomic E-state index is 5.55. The molecule has 1 aliphatic carbocycles. The number of likely N-dealkylation sites (N-methyl/N-ethyl adjacent to an activating group) is 1. The SMILES string of the molecule is CNC1(Cc2nc(N3CCCCCC3)no2)CCCCC1. The summed E-state index contributed by atoms with van der Waals surface area (Å²) < 4.78 is 5.55. The Balaban J connectivity index is 1.66. The van der Waals surface area contributed by atoms with Gasteiger partial charge < -0.3 is 14.7 Å². The molecule has 5 nitrogen and oxygen atoms in total. The Morgan fingerprint density at radius 1 is 1.05 bits per heavy atom. The van der Waals surface area contributed by atoms with Crippen molar-refractivity contribution in [2.45, 2.75) is 69.7 Å². The molecule has 0 unspecified atom stereocenters. The zero-order valence-electron chi connectivity index (χ0n) is 13.2. The molecular formula is C16H28N4O. The van der Waals surface area contributed by atoms with Gasteiger partial charge in [-0.15, -0.1) is 0 Å². The first-order chi connectivity index (χ1) is 10.3. The average Bonchev–Trinajstić information content (AvgIpc) is 2.81. The van der Waals surface area contributed by atoms with Crippen LogP contribution in [0.25, 0.3) is 0 Å². The standard InChI is InChI=1S/C16H28N4O/c1-17-16(9-5-4-6-10-16)13-14-18-15(19-21-14)20-11-7-2-3-8-12-20/h17H,2-13H2,1H3. The predicted molar refractivity (Wildman–Crippen MR) is 83.6 cm³/mol. The molecule has 2 heterocycles. The van der Waals surface area contributed by atoms with Crippen LogP contribution in [0.1, 0.15) is 63.7 Å². The van der Waals surface area contributed by atoms with E-state index in [9.17, 15) is 0 Å². The van der Waals surface area contributed by atoms with E-state index in [1.165, 1.54) is 57.8 Å². The second-order valence-corrected chi connectivity index (χ2v) is 6.66. The predicted octanol–water partition coefficient (Wildman–Crippen LogP) is 2.91. The zero-order chi connectivity index (χ0) is 14.5. The van der Waals surface area contributed by atoms with E-state index in [0.29, 0.717) is 0 Å². The van der Waals surface area contributed by atoms with Gasteiger partial charge in [0, 0.05) is 25.0 Å². The molecule has 3 rings (SSSR count). The monoisotopic (exact) mass is 292 g/mol. The Labute approximate surface area is 127 Å². The summed E-state index contributed by atoms with van der Waals surface area (Å²) in [5.74, 6) is 1.60. The third-order valence-corrected chi connectivity index (χ3v) is 5.18. The molecule has 0 atom stereocenters. The molecule has 1 aromatic heterocycles. The molecule has 21 heavy (non-hydrogen) atoms. The normalized spacial score (nSPS) is 23.0. The number of aromatic nitrogens is 2. The number of rotatable bonds is 4. The Morgan fingerprint density at radius 2 is 1.71 bits per heavy atom. The topological polar surface area (TPSA) is 54.2 Å². The summed E-state index contributed by atoms with van der Waals surface area (Å²) in [7, 11) is 2.07. The van der Waals surface area contributed by atoms with Crippen molar-refractivity contribution in [1.29, 1.82) is 0 Å². The zero-order valence-corrected chi connectivity index (χ0v) is 13.2. The van der Waals surface area contributed by atoms with Crippen LogP contribution in [-0.2, 0) is 6.42 Å². The van der Waals surface area contributed by atoms with Gasteiger partial charge in [0.2, 0.25) is 5.89 Å².